The van der Waals surface area contributed by atoms with Crippen molar-refractivity contribution in [2.75, 3.05) is 32.8 Å². The van der Waals surface area contributed by atoms with Crippen LogP contribution in [0, 0.1) is 0 Å². The van der Waals surface area contributed by atoms with E-state index in [0.717, 1.165) is 49.5 Å². The average molecular weight is 448 g/mol. The van der Waals surface area contributed by atoms with Crippen molar-refractivity contribution in [3.63, 3.8) is 0 Å². The third kappa shape index (κ3) is 7.29. The van der Waals surface area contributed by atoms with Crippen molar-refractivity contribution >= 4 is 0 Å². The van der Waals surface area contributed by atoms with Crippen molar-refractivity contribution in [1.82, 2.24) is 15.2 Å². The summed E-state index contributed by atoms with van der Waals surface area (Å²) in [6, 6.07) is 20.3. The monoisotopic (exact) mass is 447 g/mol. The normalized spacial score (nSPS) is 14.5. The highest BCUT2D eigenvalue weighted by atomic mass is 16.5. The summed E-state index contributed by atoms with van der Waals surface area (Å²) in [6.45, 7) is 4.96. The van der Waals surface area contributed by atoms with Gasteiger partial charge >= 0.3 is 0 Å². The van der Waals surface area contributed by atoms with Gasteiger partial charge in [-0.25, -0.2) is 0 Å². The minimum atomic E-state index is -0.527. The van der Waals surface area contributed by atoms with Gasteiger partial charge in [0.15, 0.2) is 0 Å². The van der Waals surface area contributed by atoms with Gasteiger partial charge in [0.05, 0.1) is 12.8 Å². The fourth-order valence-electron chi connectivity index (χ4n) is 4.08. The van der Waals surface area contributed by atoms with Crippen molar-refractivity contribution in [2.24, 2.45) is 0 Å². The summed E-state index contributed by atoms with van der Waals surface area (Å²) in [5.74, 6) is 1.61. The van der Waals surface area contributed by atoms with Gasteiger partial charge in [-0.1, -0.05) is 42.5 Å². The van der Waals surface area contributed by atoms with E-state index < -0.39 is 6.10 Å². The predicted octanol–water partition coefficient (Wildman–Crippen LogP) is 3.44. The van der Waals surface area contributed by atoms with Crippen molar-refractivity contribution in [3.8, 4) is 11.5 Å². The molecule has 33 heavy (non-hydrogen) atoms. The molecule has 0 amide bonds. The highest BCUT2D eigenvalue weighted by Gasteiger charge is 2.19. The molecule has 6 nitrogen and oxygen atoms in total. The van der Waals surface area contributed by atoms with E-state index in [1.165, 1.54) is 11.1 Å². The van der Waals surface area contributed by atoms with Crippen LogP contribution < -0.4 is 14.8 Å². The van der Waals surface area contributed by atoms with Gasteiger partial charge in [-0.05, 0) is 48.7 Å². The fourth-order valence-corrected chi connectivity index (χ4v) is 4.08. The zero-order chi connectivity index (χ0) is 22.7. The summed E-state index contributed by atoms with van der Waals surface area (Å²) >= 11 is 0. The molecule has 0 spiro atoms. The zero-order valence-corrected chi connectivity index (χ0v) is 19.0. The second-order valence-corrected chi connectivity index (χ2v) is 8.39. The number of pyridine rings is 1. The van der Waals surface area contributed by atoms with E-state index in [9.17, 15) is 5.11 Å². The molecule has 1 aromatic heterocycles. The van der Waals surface area contributed by atoms with Crippen LogP contribution >= 0.6 is 0 Å². The summed E-state index contributed by atoms with van der Waals surface area (Å²) in [4.78, 5) is 6.35. The summed E-state index contributed by atoms with van der Waals surface area (Å²) in [6.07, 6.45) is 4.86. The average Bonchev–Trinajstić information content (AvgIpc) is 2.86. The first-order chi connectivity index (χ1) is 16.3. The predicted molar refractivity (Wildman–Crippen MR) is 129 cm³/mol. The Morgan fingerprint density at radius 3 is 2.73 bits per heavy atom. The second kappa shape index (κ2) is 12.3. The molecular weight excluding hydrogens is 414 g/mol. The fraction of sp³-hybridized carbons (Fsp3) is 0.370. The van der Waals surface area contributed by atoms with Gasteiger partial charge in [0.25, 0.3) is 0 Å². The maximum atomic E-state index is 10.6. The minimum Gasteiger partial charge on any atom is -0.492 e. The molecule has 0 aliphatic carbocycles. The number of hydrogen-bond donors (Lipinski definition) is 2. The van der Waals surface area contributed by atoms with E-state index in [1.54, 1.807) is 12.4 Å². The number of β-amino-alcohol motifs (C(OH)–C–C–N with tert-alkyl or cyclic N) is 1. The van der Waals surface area contributed by atoms with Crippen LogP contribution in [0.1, 0.15) is 23.1 Å². The van der Waals surface area contributed by atoms with Crippen molar-refractivity contribution in [1.29, 1.82) is 0 Å². The number of nitrogens with zero attached hydrogens (tertiary/aromatic N) is 2. The molecule has 2 heterocycles. The number of aromatic nitrogens is 1. The molecule has 0 saturated carbocycles. The second-order valence-electron chi connectivity index (χ2n) is 8.39. The summed E-state index contributed by atoms with van der Waals surface area (Å²) in [5, 5.41) is 14.0. The Labute approximate surface area is 196 Å². The molecule has 0 bridgehead atoms. The van der Waals surface area contributed by atoms with Gasteiger partial charge in [0.1, 0.15) is 24.2 Å². The summed E-state index contributed by atoms with van der Waals surface area (Å²) in [7, 11) is 0. The van der Waals surface area contributed by atoms with E-state index in [-0.39, 0.29) is 6.61 Å². The first kappa shape index (κ1) is 23.2. The molecule has 0 fully saturated rings. The molecule has 2 aromatic carbocycles. The third-order valence-electron chi connectivity index (χ3n) is 5.80. The van der Waals surface area contributed by atoms with Crippen molar-refractivity contribution < 1.29 is 14.6 Å². The topological polar surface area (TPSA) is 66.8 Å². The lowest BCUT2D eigenvalue weighted by Gasteiger charge is -2.30. The van der Waals surface area contributed by atoms with Crippen LogP contribution in [-0.4, -0.2) is 53.9 Å². The number of nitrogens with one attached hydrogen (secondary N) is 1. The maximum absolute atomic E-state index is 10.6. The molecule has 0 saturated heterocycles. The minimum absolute atomic E-state index is 0.286. The molecule has 4 rings (SSSR count). The van der Waals surface area contributed by atoms with Crippen LogP contribution in [0.2, 0.25) is 0 Å². The van der Waals surface area contributed by atoms with E-state index >= 15 is 0 Å². The largest absolute Gasteiger partial charge is 0.492 e. The summed E-state index contributed by atoms with van der Waals surface area (Å²) < 4.78 is 11.7. The van der Waals surface area contributed by atoms with Gasteiger partial charge in [-0.15, -0.1) is 0 Å². The van der Waals surface area contributed by atoms with Gasteiger partial charge < -0.3 is 19.9 Å². The summed E-state index contributed by atoms with van der Waals surface area (Å²) in [5.41, 5.74) is 3.87. The molecule has 1 atom stereocenters. The van der Waals surface area contributed by atoms with E-state index in [2.05, 4.69) is 45.5 Å². The van der Waals surface area contributed by atoms with Crippen LogP contribution in [0.5, 0.6) is 11.5 Å². The number of hydrogen-bond acceptors (Lipinski definition) is 6. The first-order valence-electron chi connectivity index (χ1n) is 11.7. The maximum Gasteiger partial charge on any atom is 0.137 e. The molecule has 174 valence electrons. The lowest BCUT2D eigenvalue weighted by atomic mass is 10.00. The van der Waals surface area contributed by atoms with Crippen LogP contribution in [0.3, 0.4) is 0 Å². The van der Waals surface area contributed by atoms with Gasteiger partial charge in [-0.3, -0.25) is 9.88 Å². The Morgan fingerprint density at radius 2 is 1.85 bits per heavy atom. The van der Waals surface area contributed by atoms with Crippen molar-refractivity contribution in [3.05, 3.63) is 89.7 Å². The molecule has 1 aliphatic heterocycles. The Hall–Kier alpha value is -2.93. The van der Waals surface area contributed by atoms with Crippen LogP contribution in [0.25, 0.3) is 0 Å². The number of para-hydroxylation sites is 1. The quantitative estimate of drug-likeness (QED) is 0.415. The highest BCUT2D eigenvalue weighted by Crippen LogP contribution is 2.20. The number of benzene rings is 2. The van der Waals surface area contributed by atoms with Gasteiger partial charge in [0.2, 0.25) is 0 Å². The molecule has 1 unspecified atom stereocenters. The Balaban J connectivity index is 1.16. The number of aliphatic hydroxyl groups is 1. The highest BCUT2D eigenvalue weighted by molar-refractivity contribution is 5.33. The molecule has 0 radical (unpaired) electrons. The number of fused-ring (bicyclic) bond motifs is 1. The standard InChI is InChI=1S/C27H33N3O3/c31-25(20-30-15-12-22-7-1-2-9-24(22)19-30)21-33-27-11-4-3-8-23(27)17-28-14-6-16-32-26-10-5-13-29-18-26/h1-5,7-11,13,18,25,28,31H,6,12,14-17,19-21H2. The van der Waals surface area contributed by atoms with Crippen LogP contribution in [0.4, 0.5) is 0 Å². The molecule has 6 heteroatoms. The molecule has 3 aromatic rings. The Kier molecular flexibility index (Phi) is 8.69. The van der Waals surface area contributed by atoms with Gasteiger partial charge in [-0.2, -0.15) is 0 Å². The SMILES string of the molecule is OC(COc1ccccc1CNCCCOc1cccnc1)CN1CCc2ccccc2C1. The smallest absolute Gasteiger partial charge is 0.137 e. The molecule has 2 N–H and O–H groups in total. The lowest BCUT2D eigenvalue weighted by molar-refractivity contribution is 0.0634. The van der Waals surface area contributed by atoms with E-state index in [1.807, 2.05) is 30.3 Å². The Bertz CT molecular complexity index is 983. The number of ether oxygens (including phenoxy) is 2. The molecule has 1 aliphatic rings. The lowest BCUT2D eigenvalue weighted by Crippen LogP contribution is -2.38. The Morgan fingerprint density at radius 1 is 1.00 bits per heavy atom. The van der Waals surface area contributed by atoms with Gasteiger partial charge in [0, 0.05) is 37.9 Å². The molecular formula is C27H33N3O3. The zero-order valence-electron chi connectivity index (χ0n) is 19.0. The van der Waals surface area contributed by atoms with E-state index in [0.29, 0.717) is 19.7 Å². The first-order valence-corrected chi connectivity index (χ1v) is 11.7. The van der Waals surface area contributed by atoms with Crippen LogP contribution in [-0.2, 0) is 19.5 Å². The number of aliphatic hydroxyl groups excluding tert-OH is 1. The van der Waals surface area contributed by atoms with E-state index in [4.69, 9.17) is 9.47 Å². The van der Waals surface area contributed by atoms with Crippen molar-refractivity contribution in [2.45, 2.75) is 32.0 Å². The number of rotatable bonds is 12. The van der Waals surface area contributed by atoms with Crippen LogP contribution in [0.15, 0.2) is 73.1 Å². The third-order valence-corrected chi connectivity index (χ3v) is 5.80.